The van der Waals surface area contributed by atoms with Crippen LogP contribution in [0.4, 0.5) is 0 Å². The lowest BCUT2D eigenvalue weighted by atomic mass is 9.99. The van der Waals surface area contributed by atoms with Crippen LogP contribution >= 0.6 is 0 Å². The van der Waals surface area contributed by atoms with Crippen molar-refractivity contribution in [1.82, 2.24) is 9.13 Å². The Bertz CT molecular complexity index is 3870. The van der Waals surface area contributed by atoms with Gasteiger partial charge in [-0.25, -0.2) is 0 Å². The van der Waals surface area contributed by atoms with Gasteiger partial charge in [0.1, 0.15) is 0 Å². The summed E-state index contributed by atoms with van der Waals surface area (Å²) in [5.74, 6) is 0. The molecule has 0 saturated carbocycles. The van der Waals surface area contributed by atoms with Gasteiger partial charge in [0.05, 0.1) is 22.1 Å². The van der Waals surface area contributed by atoms with Crippen molar-refractivity contribution in [2.45, 2.75) is 0 Å². The van der Waals surface area contributed by atoms with Crippen molar-refractivity contribution in [3.63, 3.8) is 0 Å². The molecule has 0 bridgehead atoms. The highest BCUT2D eigenvalue weighted by Crippen LogP contribution is 2.41. The van der Waals surface area contributed by atoms with E-state index in [1.54, 1.807) is 0 Å². The minimum Gasteiger partial charge on any atom is -0.309 e. The van der Waals surface area contributed by atoms with Crippen LogP contribution in [-0.4, -0.2) is 17.2 Å². The van der Waals surface area contributed by atoms with Crippen molar-refractivity contribution in [3.05, 3.63) is 279 Å². The highest BCUT2D eigenvalue weighted by molar-refractivity contribution is 7.20. The number of aromatic nitrogens is 2. The van der Waals surface area contributed by atoms with Crippen molar-refractivity contribution >= 4 is 72.4 Å². The van der Waals surface area contributed by atoms with Crippen LogP contribution in [0.1, 0.15) is 0 Å². The summed E-state index contributed by atoms with van der Waals surface area (Å²) in [4.78, 5) is 0. The van der Waals surface area contributed by atoms with Gasteiger partial charge in [-0.15, -0.1) is 0 Å². The maximum atomic E-state index is 2.52. The first kappa shape index (κ1) is 40.5. The van der Waals surface area contributed by atoms with Gasteiger partial charge in [0, 0.05) is 32.9 Å². The molecule has 0 aliphatic rings. The maximum Gasteiger partial charge on any atom is 0.179 e. The van der Waals surface area contributed by atoms with E-state index in [2.05, 4.69) is 288 Å². The molecule has 2 heterocycles. The fourth-order valence-corrected chi connectivity index (χ4v) is 16.1. The second-order valence-corrected chi connectivity index (χ2v) is 21.8. The standard InChI is InChI=1S/C66H46N2Si/c1-5-21-47(22-6-1)50-27-17-32-55(43-50)69(54-30-11-4-12-31-54,56-33-18-28-51(44-56)48-23-7-2-8-24-48)57-34-19-29-52(45-57)68-64-42-41-53(67-62-38-15-13-35-59(62)60-36-14-16-39-63(60)67)46-61(64)66-58(37-20-40-65(66)68)49-25-9-3-10-26-49/h1-46H. The predicted octanol–water partition coefficient (Wildman–Crippen LogP) is 14.3. The van der Waals surface area contributed by atoms with E-state index in [1.807, 2.05) is 0 Å². The molecule has 13 rings (SSSR count). The van der Waals surface area contributed by atoms with Crippen LogP contribution in [0, 0.1) is 0 Å². The van der Waals surface area contributed by atoms with Gasteiger partial charge in [0.2, 0.25) is 0 Å². The van der Waals surface area contributed by atoms with E-state index < -0.39 is 8.07 Å². The first-order valence-electron chi connectivity index (χ1n) is 23.8. The molecule has 0 N–H and O–H groups in total. The van der Waals surface area contributed by atoms with E-state index in [0.717, 1.165) is 11.4 Å². The molecule has 69 heavy (non-hydrogen) atoms. The van der Waals surface area contributed by atoms with Crippen LogP contribution in [0.2, 0.25) is 0 Å². The lowest BCUT2D eigenvalue weighted by Gasteiger charge is -2.35. The SMILES string of the molecule is c1ccc(-c2cccc([Si](c3ccccc3)(c3cccc(-c4ccccc4)c3)c3cccc(-n4c5ccc(-n6c7ccccc7c7ccccc76)cc5c5c(-c6ccccc6)cccc54)c3)c2)cc1. The monoisotopic (exact) mass is 894 g/mol. The van der Waals surface area contributed by atoms with Crippen molar-refractivity contribution in [2.24, 2.45) is 0 Å². The fourth-order valence-electron chi connectivity index (χ4n) is 11.2. The Morgan fingerprint density at radius 2 is 0.638 bits per heavy atom. The summed E-state index contributed by atoms with van der Waals surface area (Å²) < 4.78 is 4.95. The number of hydrogen-bond acceptors (Lipinski definition) is 0. The Kier molecular flexibility index (Phi) is 9.88. The summed E-state index contributed by atoms with van der Waals surface area (Å²) >= 11 is 0. The van der Waals surface area contributed by atoms with E-state index in [-0.39, 0.29) is 0 Å². The molecule has 11 aromatic carbocycles. The normalized spacial score (nSPS) is 11.8. The summed E-state index contributed by atoms with van der Waals surface area (Å²) in [6, 6.07) is 104. The van der Waals surface area contributed by atoms with Gasteiger partial charge in [-0.3, -0.25) is 0 Å². The second-order valence-electron chi connectivity index (χ2n) is 18.0. The van der Waals surface area contributed by atoms with E-state index in [1.165, 1.54) is 97.7 Å². The maximum absolute atomic E-state index is 3.09. The second kappa shape index (κ2) is 16.8. The third-order valence-corrected chi connectivity index (χ3v) is 19.0. The number of fused-ring (bicyclic) bond motifs is 6. The summed E-state index contributed by atoms with van der Waals surface area (Å²) in [5, 5.41) is 10.3. The molecule has 0 unspecified atom stereocenters. The van der Waals surface area contributed by atoms with Crippen LogP contribution in [-0.2, 0) is 0 Å². The molecule has 0 aliphatic carbocycles. The van der Waals surface area contributed by atoms with E-state index in [4.69, 9.17) is 0 Å². The van der Waals surface area contributed by atoms with Crippen molar-refractivity contribution < 1.29 is 0 Å². The van der Waals surface area contributed by atoms with Crippen molar-refractivity contribution in [3.8, 4) is 44.8 Å². The van der Waals surface area contributed by atoms with Gasteiger partial charge >= 0.3 is 0 Å². The molecule has 2 nitrogen and oxygen atoms in total. The molecule has 0 aliphatic heterocycles. The van der Waals surface area contributed by atoms with Gasteiger partial charge < -0.3 is 9.13 Å². The van der Waals surface area contributed by atoms with Crippen molar-refractivity contribution in [2.75, 3.05) is 0 Å². The highest BCUT2D eigenvalue weighted by Gasteiger charge is 2.42. The molecule has 2 aromatic heterocycles. The largest absolute Gasteiger partial charge is 0.309 e. The minimum atomic E-state index is -3.09. The molecule has 0 saturated heterocycles. The van der Waals surface area contributed by atoms with Gasteiger partial charge in [-0.2, -0.15) is 0 Å². The summed E-state index contributed by atoms with van der Waals surface area (Å²) in [6.45, 7) is 0. The Hall–Kier alpha value is -8.76. The molecular weight excluding hydrogens is 849 g/mol. The first-order valence-corrected chi connectivity index (χ1v) is 25.8. The quantitative estimate of drug-likeness (QED) is 0.101. The Morgan fingerprint density at radius 1 is 0.232 bits per heavy atom. The Morgan fingerprint density at radius 3 is 1.23 bits per heavy atom. The number of para-hydroxylation sites is 2. The number of rotatable bonds is 9. The molecule has 3 heteroatoms. The number of hydrogen-bond donors (Lipinski definition) is 0. The van der Waals surface area contributed by atoms with Crippen LogP contribution in [0.5, 0.6) is 0 Å². The number of benzene rings is 11. The van der Waals surface area contributed by atoms with E-state index >= 15 is 0 Å². The molecule has 324 valence electrons. The fraction of sp³-hybridized carbons (Fsp3) is 0. The van der Waals surface area contributed by atoms with Gasteiger partial charge in [-0.1, -0.05) is 231 Å². The summed E-state index contributed by atoms with van der Waals surface area (Å²) in [7, 11) is -3.09. The zero-order valence-electron chi connectivity index (χ0n) is 38.0. The summed E-state index contributed by atoms with van der Waals surface area (Å²) in [6.07, 6.45) is 0. The summed E-state index contributed by atoms with van der Waals surface area (Å²) in [5.41, 5.74) is 14.3. The van der Waals surface area contributed by atoms with E-state index in [0.29, 0.717) is 0 Å². The molecule has 0 amide bonds. The van der Waals surface area contributed by atoms with Crippen LogP contribution < -0.4 is 20.7 Å². The van der Waals surface area contributed by atoms with Crippen molar-refractivity contribution in [1.29, 1.82) is 0 Å². The first-order chi connectivity index (χ1) is 34.2. The smallest absolute Gasteiger partial charge is 0.179 e. The number of nitrogens with zero attached hydrogens (tertiary/aromatic N) is 2. The van der Waals surface area contributed by atoms with Crippen LogP contribution in [0.3, 0.4) is 0 Å². The zero-order chi connectivity index (χ0) is 45.7. The molecule has 0 atom stereocenters. The topological polar surface area (TPSA) is 9.86 Å². The Balaban J connectivity index is 1.10. The molecule has 0 radical (unpaired) electrons. The molecule has 13 aromatic rings. The average Bonchev–Trinajstić information content (AvgIpc) is 3.95. The lowest BCUT2D eigenvalue weighted by Crippen LogP contribution is -2.74. The van der Waals surface area contributed by atoms with E-state index in [9.17, 15) is 0 Å². The van der Waals surface area contributed by atoms with Gasteiger partial charge in [0.15, 0.2) is 8.07 Å². The predicted molar refractivity (Wildman–Crippen MR) is 295 cm³/mol. The third kappa shape index (κ3) is 6.70. The van der Waals surface area contributed by atoms with Gasteiger partial charge in [0.25, 0.3) is 0 Å². The third-order valence-electron chi connectivity index (χ3n) is 14.2. The van der Waals surface area contributed by atoms with Crippen LogP contribution in [0.25, 0.3) is 88.4 Å². The van der Waals surface area contributed by atoms with Gasteiger partial charge in [-0.05, 0) is 103 Å². The molecular formula is C66H46N2Si. The van der Waals surface area contributed by atoms with Crippen LogP contribution in [0.15, 0.2) is 279 Å². The zero-order valence-corrected chi connectivity index (χ0v) is 39.0. The Labute approximate surface area is 403 Å². The average molecular weight is 895 g/mol. The lowest BCUT2D eigenvalue weighted by molar-refractivity contribution is 1.17. The molecule has 0 spiro atoms. The highest BCUT2D eigenvalue weighted by atomic mass is 28.3. The molecule has 0 fully saturated rings. The minimum absolute atomic E-state index is 1.13.